The van der Waals surface area contributed by atoms with Crippen molar-refractivity contribution in [1.82, 2.24) is 4.98 Å². The molecule has 0 N–H and O–H groups in total. The molecule has 1 nitrogen and oxygen atoms in total. The highest BCUT2D eigenvalue weighted by Crippen LogP contribution is 2.42. The summed E-state index contributed by atoms with van der Waals surface area (Å²) >= 11 is 33.7. The predicted octanol–water partition coefficient (Wildman–Crippen LogP) is 4.87. The molecule has 1 heterocycles. The molecule has 0 saturated heterocycles. The minimum atomic E-state index is -1.65. The number of hydrogen-bond donors (Lipinski definition) is 0. The molecule has 0 fully saturated rings. The third-order valence-corrected chi connectivity index (χ3v) is 2.76. The Labute approximate surface area is 105 Å². The van der Waals surface area contributed by atoms with Crippen molar-refractivity contribution in [1.29, 1.82) is 0 Å². The number of hydrogen-bond acceptors (Lipinski definition) is 1. The van der Waals surface area contributed by atoms with E-state index in [-0.39, 0.29) is 20.9 Å². The average molecular weight is 300 g/mol. The summed E-state index contributed by atoms with van der Waals surface area (Å²) in [7, 11) is 0. The van der Waals surface area contributed by atoms with E-state index < -0.39 is 3.79 Å². The molecule has 0 spiro atoms. The number of rotatable bonds is 0. The maximum absolute atomic E-state index is 5.68. The van der Waals surface area contributed by atoms with Gasteiger partial charge in [-0.15, -0.1) is 0 Å². The summed E-state index contributed by atoms with van der Waals surface area (Å²) in [6, 6.07) is 1.37. The van der Waals surface area contributed by atoms with Crippen molar-refractivity contribution in [2.75, 3.05) is 0 Å². The lowest BCUT2D eigenvalue weighted by Gasteiger charge is -2.12. The number of halogens is 6. The van der Waals surface area contributed by atoms with E-state index in [0.717, 1.165) is 0 Å². The van der Waals surface area contributed by atoms with Gasteiger partial charge in [0.15, 0.2) is 0 Å². The van der Waals surface area contributed by atoms with Crippen LogP contribution in [0.4, 0.5) is 0 Å². The normalized spacial score (nSPS) is 11.8. The lowest BCUT2D eigenvalue weighted by Crippen LogP contribution is -2.02. The van der Waals surface area contributed by atoms with Crippen molar-refractivity contribution in [3.05, 3.63) is 27.0 Å². The van der Waals surface area contributed by atoms with Crippen LogP contribution in [0, 0.1) is 0 Å². The van der Waals surface area contributed by atoms with E-state index >= 15 is 0 Å². The molecule has 0 bridgehead atoms. The fraction of sp³-hybridized carbons (Fsp3) is 0.167. The first-order valence-electron chi connectivity index (χ1n) is 2.91. The van der Waals surface area contributed by atoms with Crippen molar-refractivity contribution in [3.63, 3.8) is 0 Å². The van der Waals surface area contributed by atoms with E-state index in [1.54, 1.807) is 0 Å². The minimum absolute atomic E-state index is 0.0226. The average Bonchev–Trinajstić information content (AvgIpc) is 1.94. The van der Waals surface area contributed by atoms with Crippen LogP contribution in [-0.4, -0.2) is 4.98 Å². The monoisotopic (exact) mass is 297 g/mol. The van der Waals surface area contributed by atoms with E-state index in [0.29, 0.717) is 0 Å². The molecule has 1 rings (SSSR count). The smallest absolute Gasteiger partial charge is 0.219 e. The standard InChI is InChI=1S/C6HCl6N/c7-3-1-2(6(10,11)12)4(8)13-5(3)9/h1H. The van der Waals surface area contributed by atoms with Crippen molar-refractivity contribution < 1.29 is 0 Å². The molecule has 1 aromatic rings. The molecule has 0 aromatic carbocycles. The Morgan fingerprint density at radius 3 is 2.00 bits per heavy atom. The van der Waals surface area contributed by atoms with E-state index in [4.69, 9.17) is 69.6 Å². The van der Waals surface area contributed by atoms with Gasteiger partial charge in [-0.3, -0.25) is 0 Å². The van der Waals surface area contributed by atoms with Gasteiger partial charge in [-0.25, -0.2) is 4.98 Å². The lowest BCUT2D eigenvalue weighted by atomic mass is 10.3. The van der Waals surface area contributed by atoms with Gasteiger partial charge in [0, 0.05) is 5.56 Å². The second kappa shape index (κ2) is 4.18. The predicted molar refractivity (Wildman–Crippen MR) is 58.5 cm³/mol. The van der Waals surface area contributed by atoms with Crippen molar-refractivity contribution in [2.45, 2.75) is 3.79 Å². The van der Waals surface area contributed by atoms with E-state index in [1.807, 2.05) is 0 Å². The zero-order valence-corrected chi connectivity index (χ0v) is 10.3. The van der Waals surface area contributed by atoms with Gasteiger partial charge in [0.25, 0.3) is 0 Å². The topological polar surface area (TPSA) is 12.9 Å². The minimum Gasteiger partial charge on any atom is -0.222 e. The molecular weight excluding hydrogens is 299 g/mol. The van der Waals surface area contributed by atoms with Gasteiger partial charge in [0.1, 0.15) is 10.3 Å². The second-order valence-corrected chi connectivity index (χ2v) is 5.50. The van der Waals surface area contributed by atoms with E-state index in [2.05, 4.69) is 4.98 Å². The van der Waals surface area contributed by atoms with Crippen LogP contribution in [-0.2, 0) is 3.79 Å². The quantitative estimate of drug-likeness (QED) is 0.492. The first-order chi connectivity index (χ1) is 5.82. The van der Waals surface area contributed by atoms with Crippen LogP contribution in [0.25, 0.3) is 0 Å². The SMILES string of the molecule is Clc1cc(C(Cl)(Cl)Cl)c(Cl)nc1Cl. The number of nitrogens with zero attached hydrogens (tertiary/aromatic N) is 1. The van der Waals surface area contributed by atoms with Crippen LogP contribution in [0.5, 0.6) is 0 Å². The van der Waals surface area contributed by atoms with Gasteiger partial charge in [-0.2, -0.15) is 0 Å². The van der Waals surface area contributed by atoms with Crippen LogP contribution in [0.3, 0.4) is 0 Å². The molecule has 0 aliphatic heterocycles. The summed E-state index contributed by atoms with van der Waals surface area (Å²) in [6.07, 6.45) is 0. The van der Waals surface area contributed by atoms with Crippen molar-refractivity contribution in [3.8, 4) is 0 Å². The summed E-state index contributed by atoms with van der Waals surface area (Å²) in [5.41, 5.74) is 0.202. The third kappa shape index (κ3) is 2.92. The summed E-state index contributed by atoms with van der Waals surface area (Å²) in [6.45, 7) is 0. The van der Waals surface area contributed by atoms with Crippen LogP contribution in [0.2, 0.25) is 15.3 Å². The third-order valence-electron chi connectivity index (χ3n) is 1.19. The molecule has 0 unspecified atom stereocenters. The highest BCUT2D eigenvalue weighted by molar-refractivity contribution is 6.67. The maximum atomic E-state index is 5.68. The van der Waals surface area contributed by atoms with Gasteiger partial charge in [0.05, 0.1) is 5.02 Å². The molecule has 0 amide bonds. The van der Waals surface area contributed by atoms with Gasteiger partial charge < -0.3 is 0 Å². The Morgan fingerprint density at radius 1 is 1.00 bits per heavy atom. The van der Waals surface area contributed by atoms with Crippen LogP contribution in [0.15, 0.2) is 6.07 Å². The molecule has 72 valence electrons. The fourth-order valence-corrected chi connectivity index (χ4v) is 1.84. The highest BCUT2D eigenvalue weighted by atomic mass is 35.6. The number of pyridine rings is 1. The first kappa shape index (κ1) is 12.0. The Kier molecular flexibility index (Phi) is 3.84. The van der Waals surface area contributed by atoms with Gasteiger partial charge in [-0.05, 0) is 6.07 Å². The molecule has 1 aromatic heterocycles. The zero-order chi connectivity index (χ0) is 10.2. The number of aromatic nitrogens is 1. The Balaban J connectivity index is 3.32. The molecule has 0 aliphatic carbocycles. The molecule has 13 heavy (non-hydrogen) atoms. The van der Waals surface area contributed by atoms with Crippen LogP contribution < -0.4 is 0 Å². The van der Waals surface area contributed by atoms with Gasteiger partial charge >= 0.3 is 0 Å². The van der Waals surface area contributed by atoms with Crippen molar-refractivity contribution in [2.24, 2.45) is 0 Å². The van der Waals surface area contributed by atoms with Gasteiger partial charge in [-0.1, -0.05) is 69.6 Å². The van der Waals surface area contributed by atoms with E-state index in [1.165, 1.54) is 6.07 Å². The maximum Gasteiger partial charge on any atom is 0.219 e. The van der Waals surface area contributed by atoms with Gasteiger partial charge in [0.2, 0.25) is 3.79 Å². The first-order valence-corrected chi connectivity index (χ1v) is 5.18. The zero-order valence-electron chi connectivity index (χ0n) is 5.79. The molecular formula is C6HCl6N. The second-order valence-electron chi connectivity index (χ2n) is 2.10. The molecule has 0 aliphatic rings. The number of alkyl halides is 3. The lowest BCUT2D eigenvalue weighted by molar-refractivity contribution is 1.17. The summed E-state index contributed by atoms with van der Waals surface area (Å²) < 4.78 is -1.65. The Morgan fingerprint density at radius 2 is 1.54 bits per heavy atom. The van der Waals surface area contributed by atoms with E-state index in [9.17, 15) is 0 Å². The van der Waals surface area contributed by atoms with Crippen LogP contribution in [0.1, 0.15) is 5.56 Å². The van der Waals surface area contributed by atoms with Crippen molar-refractivity contribution >= 4 is 69.6 Å². The largest absolute Gasteiger partial charge is 0.222 e. The fourth-order valence-electron chi connectivity index (χ4n) is 0.644. The highest BCUT2D eigenvalue weighted by Gasteiger charge is 2.27. The Hall–Kier alpha value is 0.890. The Bertz CT molecular complexity index is 331. The summed E-state index contributed by atoms with van der Waals surface area (Å²) in [4.78, 5) is 3.69. The van der Waals surface area contributed by atoms with Crippen LogP contribution >= 0.6 is 69.6 Å². The molecule has 0 radical (unpaired) electrons. The molecule has 0 saturated carbocycles. The molecule has 0 atom stereocenters. The summed E-state index contributed by atoms with van der Waals surface area (Å²) in [5, 5.41) is 0.284. The summed E-state index contributed by atoms with van der Waals surface area (Å²) in [5.74, 6) is 0. The molecule has 7 heteroatoms.